The van der Waals surface area contributed by atoms with Crippen molar-refractivity contribution in [3.05, 3.63) is 28.8 Å². The van der Waals surface area contributed by atoms with E-state index in [4.69, 9.17) is 0 Å². The first-order chi connectivity index (χ1) is 7.66. The summed E-state index contributed by atoms with van der Waals surface area (Å²) in [6.45, 7) is 9.05. The second kappa shape index (κ2) is 5.24. The summed E-state index contributed by atoms with van der Waals surface area (Å²) in [7, 11) is 0. The molecule has 0 aliphatic carbocycles. The maximum absolute atomic E-state index is 3.43. The van der Waals surface area contributed by atoms with Crippen molar-refractivity contribution in [2.45, 2.75) is 32.1 Å². The highest BCUT2D eigenvalue weighted by molar-refractivity contribution is 7.99. The Labute approximate surface area is 103 Å². The Morgan fingerprint density at radius 2 is 1.94 bits per heavy atom. The lowest BCUT2D eigenvalue weighted by Gasteiger charge is -2.13. The van der Waals surface area contributed by atoms with E-state index < -0.39 is 0 Å². The van der Waals surface area contributed by atoms with Gasteiger partial charge in [0.05, 0.1) is 0 Å². The summed E-state index contributed by atoms with van der Waals surface area (Å²) in [6.07, 6.45) is 1.34. The van der Waals surface area contributed by atoms with Crippen LogP contribution in [0, 0.1) is 26.7 Å². The molecule has 88 valence electrons. The van der Waals surface area contributed by atoms with E-state index in [0.29, 0.717) is 0 Å². The quantitative estimate of drug-likeness (QED) is 0.807. The van der Waals surface area contributed by atoms with Crippen LogP contribution in [-0.2, 0) is 0 Å². The van der Waals surface area contributed by atoms with Gasteiger partial charge >= 0.3 is 0 Å². The third kappa shape index (κ3) is 2.80. The van der Waals surface area contributed by atoms with Gasteiger partial charge < -0.3 is 5.32 Å². The highest BCUT2D eigenvalue weighted by atomic mass is 32.2. The van der Waals surface area contributed by atoms with Crippen LogP contribution < -0.4 is 5.32 Å². The van der Waals surface area contributed by atoms with Crippen molar-refractivity contribution in [2.24, 2.45) is 5.92 Å². The number of benzene rings is 1. The highest BCUT2D eigenvalue weighted by Gasteiger charge is 2.15. The predicted molar refractivity (Wildman–Crippen MR) is 72.4 cm³/mol. The summed E-state index contributed by atoms with van der Waals surface area (Å²) < 4.78 is 0. The molecule has 0 spiro atoms. The molecule has 1 N–H and O–H groups in total. The molecule has 0 saturated carbocycles. The number of hydrogen-bond acceptors (Lipinski definition) is 2. The van der Waals surface area contributed by atoms with Crippen LogP contribution >= 0.6 is 11.8 Å². The number of nitrogens with one attached hydrogen (secondary N) is 1. The molecule has 1 unspecified atom stereocenters. The highest BCUT2D eigenvalue weighted by Crippen LogP contribution is 2.30. The van der Waals surface area contributed by atoms with Crippen molar-refractivity contribution in [1.29, 1.82) is 0 Å². The monoisotopic (exact) mass is 235 g/mol. The minimum atomic E-state index is 0.866. The average molecular weight is 235 g/mol. The smallest absolute Gasteiger partial charge is 0.0131 e. The van der Waals surface area contributed by atoms with Crippen molar-refractivity contribution < 1.29 is 0 Å². The second-order valence-electron chi connectivity index (χ2n) is 4.90. The molecular formula is C14H21NS. The van der Waals surface area contributed by atoms with Gasteiger partial charge in [0.15, 0.2) is 0 Å². The topological polar surface area (TPSA) is 12.0 Å². The molecule has 1 heterocycles. The predicted octanol–water partition coefficient (Wildman–Crippen LogP) is 3.31. The lowest BCUT2D eigenvalue weighted by Crippen LogP contribution is -2.10. The molecule has 1 fully saturated rings. The molecule has 0 amide bonds. The van der Waals surface area contributed by atoms with Gasteiger partial charge in [-0.3, -0.25) is 0 Å². The summed E-state index contributed by atoms with van der Waals surface area (Å²) in [5.41, 5.74) is 4.25. The maximum Gasteiger partial charge on any atom is 0.0131 e. The first kappa shape index (κ1) is 12.0. The van der Waals surface area contributed by atoms with E-state index in [0.717, 1.165) is 5.92 Å². The largest absolute Gasteiger partial charge is 0.316 e. The zero-order valence-corrected chi connectivity index (χ0v) is 11.3. The van der Waals surface area contributed by atoms with Gasteiger partial charge in [-0.1, -0.05) is 17.7 Å². The lowest BCUT2D eigenvalue weighted by molar-refractivity contribution is 0.662. The van der Waals surface area contributed by atoms with Gasteiger partial charge in [-0.2, -0.15) is 0 Å². The van der Waals surface area contributed by atoms with E-state index in [-0.39, 0.29) is 0 Å². The Morgan fingerprint density at radius 1 is 1.25 bits per heavy atom. The molecule has 16 heavy (non-hydrogen) atoms. The molecule has 1 aliphatic heterocycles. The number of rotatable bonds is 3. The number of aryl methyl sites for hydroxylation is 3. The Bertz CT molecular complexity index is 344. The first-order valence-electron chi connectivity index (χ1n) is 6.08. The van der Waals surface area contributed by atoms with Gasteiger partial charge in [0.2, 0.25) is 0 Å². The molecule has 1 aromatic carbocycles. The first-order valence-corrected chi connectivity index (χ1v) is 7.06. The third-order valence-corrected chi connectivity index (χ3v) is 4.80. The normalized spacial score (nSPS) is 20.3. The molecule has 1 aromatic rings. The minimum Gasteiger partial charge on any atom is -0.316 e. The second-order valence-corrected chi connectivity index (χ2v) is 5.93. The third-order valence-electron chi connectivity index (χ3n) is 3.23. The molecule has 0 bridgehead atoms. The van der Waals surface area contributed by atoms with Gasteiger partial charge in [0, 0.05) is 10.6 Å². The summed E-state index contributed by atoms with van der Waals surface area (Å²) in [5, 5.41) is 3.43. The van der Waals surface area contributed by atoms with Crippen LogP contribution in [0.15, 0.2) is 17.0 Å². The van der Waals surface area contributed by atoms with Crippen molar-refractivity contribution in [1.82, 2.24) is 5.32 Å². The molecule has 0 aromatic heterocycles. The van der Waals surface area contributed by atoms with Gasteiger partial charge in [0.1, 0.15) is 0 Å². The van der Waals surface area contributed by atoms with Crippen LogP contribution in [0.3, 0.4) is 0 Å². The van der Waals surface area contributed by atoms with E-state index in [1.165, 1.54) is 46.8 Å². The van der Waals surface area contributed by atoms with Crippen molar-refractivity contribution in [3.63, 3.8) is 0 Å². The van der Waals surface area contributed by atoms with Crippen molar-refractivity contribution in [2.75, 3.05) is 18.8 Å². The van der Waals surface area contributed by atoms with Gasteiger partial charge in [0.25, 0.3) is 0 Å². The van der Waals surface area contributed by atoms with Crippen LogP contribution in [0.5, 0.6) is 0 Å². The fourth-order valence-corrected chi connectivity index (χ4v) is 3.71. The molecule has 1 aliphatic rings. The maximum atomic E-state index is 3.43. The minimum absolute atomic E-state index is 0.866. The Morgan fingerprint density at radius 3 is 2.50 bits per heavy atom. The fourth-order valence-electron chi connectivity index (χ4n) is 2.45. The van der Waals surface area contributed by atoms with Gasteiger partial charge in [-0.25, -0.2) is 0 Å². The zero-order valence-electron chi connectivity index (χ0n) is 10.5. The van der Waals surface area contributed by atoms with E-state index in [2.05, 4.69) is 38.2 Å². The van der Waals surface area contributed by atoms with Crippen LogP contribution in [0.4, 0.5) is 0 Å². The van der Waals surface area contributed by atoms with Crippen LogP contribution in [0.2, 0.25) is 0 Å². The number of hydrogen-bond donors (Lipinski definition) is 1. The van der Waals surface area contributed by atoms with E-state index in [9.17, 15) is 0 Å². The summed E-state index contributed by atoms with van der Waals surface area (Å²) in [5.74, 6) is 2.13. The molecule has 1 saturated heterocycles. The summed E-state index contributed by atoms with van der Waals surface area (Å²) >= 11 is 2.04. The van der Waals surface area contributed by atoms with Gasteiger partial charge in [-0.15, -0.1) is 11.8 Å². The molecular weight excluding hydrogens is 214 g/mol. The van der Waals surface area contributed by atoms with Gasteiger partial charge in [-0.05, 0) is 57.3 Å². The number of thioether (sulfide) groups is 1. The van der Waals surface area contributed by atoms with Crippen molar-refractivity contribution in [3.8, 4) is 0 Å². The van der Waals surface area contributed by atoms with Crippen LogP contribution in [-0.4, -0.2) is 18.8 Å². The van der Waals surface area contributed by atoms with E-state index in [1.54, 1.807) is 0 Å². The van der Waals surface area contributed by atoms with E-state index >= 15 is 0 Å². The molecule has 2 heteroatoms. The molecule has 2 rings (SSSR count). The summed E-state index contributed by atoms with van der Waals surface area (Å²) in [4.78, 5) is 1.50. The van der Waals surface area contributed by atoms with E-state index in [1.807, 2.05) is 11.8 Å². The Balaban J connectivity index is 2.03. The summed E-state index contributed by atoms with van der Waals surface area (Å²) in [6, 6.07) is 4.59. The molecule has 1 nitrogen and oxygen atoms in total. The molecule has 0 radical (unpaired) electrons. The van der Waals surface area contributed by atoms with Crippen LogP contribution in [0.1, 0.15) is 23.1 Å². The standard InChI is InChI=1S/C14H21NS/c1-10-6-11(2)14(12(3)7-10)16-9-13-4-5-15-8-13/h6-7,13,15H,4-5,8-9H2,1-3H3. The fraction of sp³-hybridized carbons (Fsp3) is 0.571. The average Bonchev–Trinajstić information content (AvgIpc) is 2.68. The Hall–Kier alpha value is -0.470. The Kier molecular flexibility index (Phi) is 3.93. The molecule has 1 atom stereocenters. The SMILES string of the molecule is Cc1cc(C)c(SCC2CCNC2)c(C)c1. The van der Waals surface area contributed by atoms with Crippen molar-refractivity contribution >= 4 is 11.8 Å². The van der Waals surface area contributed by atoms with Crippen LogP contribution in [0.25, 0.3) is 0 Å². The lowest BCUT2D eigenvalue weighted by atomic mass is 10.1. The zero-order chi connectivity index (χ0) is 11.5.